The number of hydrogen-bond donors (Lipinski definition) is 0. The molecule has 0 spiro atoms. The molecule has 2 atom stereocenters. The number of rotatable bonds is 12. The summed E-state index contributed by atoms with van der Waals surface area (Å²) in [6.45, 7) is 10.8. The van der Waals surface area contributed by atoms with E-state index in [0.717, 1.165) is 12.2 Å². The molecule has 7 heteroatoms. The molecule has 0 saturated heterocycles. The smallest absolute Gasteiger partial charge is 0.332 e. The molecule has 7 nitrogen and oxygen atoms in total. The Kier molecular flexibility index (Phi) is 11.1. The Bertz CT molecular complexity index is 340. The molecule has 120 valence electrons. The highest BCUT2D eigenvalue weighted by molar-refractivity contribution is 5.81. The highest BCUT2D eigenvalue weighted by Crippen LogP contribution is 1.99. The molecule has 0 bridgehead atoms. The Morgan fingerprint density at radius 1 is 1.05 bits per heavy atom. The van der Waals surface area contributed by atoms with Gasteiger partial charge in [-0.1, -0.05) is 13.2 Å². The molecule has 0 aliphatic heterocycles. The van der Waals surface area contributed by atoms with Crippen LogP contribution in [-0.2, 0) is 33.3 Å². The molecule has 2 unspecified atom stereocenters. The van der Waals surface area contributed by atoms with Crippen molar-refractivity contribution in [2.24, 2.45) is 0 Å². The normalized spacial score (nSPS) is 13.0. The van der Waals surface area contributed by atoms with E-state index in [2.05, 4.69) is 13.2 Å². The lowest BCUT2D eigenvalue weighted by Gasteiger charge is -2.17. The third kappa shape index (κ3) is 10.7. The van der Waals surface area contributed by atoms with Crippen LogP contribution >= 0.6 is 0 Å². The molecular formula is C14H22O7. The maximum atomic E-state index is 11.0. The zero-order chi connectivity index (χ0) is 16.1. The second-order valence-electron chi connectivity index (χ2n) is 3.68. The van der Waals surface area contributed by atoms with Crippen molar-refractivity contribution in [2.75, 3.05) is 26.4 Å². The number of hydrogen-bond acceptors (Lipinski definition) is 7. The van der Waals surface area contributed by atoms with Crippen LogP contribution in [0.5, 0.6) is 0 Å². The van der Waals surface area contributed by atoms with Gasteiger partial charge in [0.2, 0.25) is 12.6 Å². The summed E-state index contributed by atoms with van der Waals surface area (Å²) in [7, 11) is 0. The summed E-state index contributed by atoms with van der Waals surface area (Å²) in [5.41, 5.74) is 0. The maximum absolute atomic E-state index is 11.0. The summed E-state index contributed by atoms with van der Waals surface area (Å²) in [6, 6.07) is 0. The lowest BCUT2D eigenvalue weighted by atomic mass is 10.6. The Morgan fingerprint density at radius 2 is 1.67 bits per heavy atom. The van der Waals surface area contributed by atoms with Crippen molar-refractivity contribution in [3.8, 4) is 0 Å². The quantitative estimate of drug-likeness (QED) is 0.232. The van der Waals surface area contributed by atoms with Gasteiger partial charge in [0, 0.05) is 18.8 Å². The Hall–Kier alpha value is -1.70. The van der Waals surface area contributed by atoms with Gasteiger partial charge >= 0.3 is 11.9 Å². The first kappa shape index (κ1) is 19.3. The van der Waals surface area contributed by atoms with Gasteiger partial charge in [0.25, 0.3) is 0 Å². The Balaban J connectivity index is 3.79. The lowest BCUT2D eigenvalue weighted by molar-refractivity contribution is -0.189. The third-order valence-electron chi connectivity index (χ3n) is 2.05. The first-order valence-electron chi connectivity index (χ1n) is 6.50. The number of ether oxygens (including phenoxy) is 5. The minimum absolute atomic E-state index is 0.0671. The van der Waals surface area contributed by atoms with Crippen LogP contribution in [-0.4, -0.2) is 50.9 Å². The molecule has 0 aromatic rings. The van der Waals surface area contributed by atoms with Crippen molar-refractivity contribution in [1.82, 2.24) is 0 Å². The molecule has 0 radical (unpaired) electrons. The average molecular weight is 302 g/mol. The molecule has 0 aromatic heterocycles. The van der Waals surface area contributed by atoms with Crippen LogP contribution in [0.1, 0.15) is 13.8 Å². The topological polar surface area (TPSA) is 80.3 Å². The van der Waals surface area contributed by atoms with E-state index in [-0.39, 0.29) is 19.8 Å². The van der Waals surface area contributed by atoms with Gasteiger partial charge in [0.05, 0.1) is 13.2 Å². The Labute approximate surface area is 124 Å². The van der Waals surface area contributed by atoms with Gasteiger partial charge in [-0.15, -0.1) is 0 Å². The van der Waals surface area contributed by atoms with E-state index in [4.69, 9.17) is 23.7 Å². The zero-order valence-electron chi connectivity index (χ0n) is 12.4. The average Bonchev–Trinajstić information content (AvgIpc) is 2.46. The summed E-state index contributed by atoms with van der Waals surface area (Å²) < 4.78 is 25.3. The molecule has 0 aliphatic carbocycles. The fourth-order valence-electron chi connectivity index (χ4n) is 1.18. The van der Waals surface area contributed by atoms with E-state index in [0.29, 0.717) is 6.61 Å². The molecule has 0 aromatic carbocycles. The molecule has 0 heterocycles. The van der Waals surface area contributed by atoms with Gasteiger partial charge < -0.3 is 23.7 Å². The predicted molar refractivity (Wildman–Crippen MR) is 74.2 cm³/mol. The zero-order valence-corrected chi connectivity index (χ0v) is 12.4. The first-order valence-corrected chi connectivity index (χ1v) is 6.50. The summed E-state index contributed by atoms with van der Waals surface area (Å²) in [5, 5.41) is 0. The van der Waals surface area contributed by atoms with Gasteiger partial charge in [-0.25, -0.2) is 9.59 Å². The molecule has 0 amide bonds. The molecule has 0 saturated carbocycles. The van der Waals surface area contributed by atoms with E-state index < -0.39 is 24.5 Å². The third-order valence-corrected chi connectivity index (χ3v) is 2.05. The molecule has 0 rings (SSSR count). The predicted octanol–water partition coefficient (Wildman–Crippen LogP) is 1.19. The SMILES string of the molecule is C=CC(=O)OC(C)OCCOCC(OCC)OC(=O)C=C. The summed E-state index contributed by atoms with van der Waals surface area (Å²) >= 11 is 0. The maximum Gasteiger partial charge on any atom is 0.332 e. The highest BCUT2D eigenvalue weighted by Gasteiger charge is 2.13. The van der Waals surface area contributed by atoms with Gasteiger partial charge in [-0.3, -0.25) is 0 Å². The number of carbonyl (C=O) groups is 2. The van der Waals surface area contributed by atoms with Crippen molar-refractivity contribution in [3.05, 3.63) is 25.3 Å². The van der Waals surface area contributed by atoms with Crippen molar-refractivity contribution < 1.29 is 33.3 Å². The van der Waals surface area contributed by atoms with Crippen molar-refractivity contribution in [3.63, 3.8) is 0 Å². The van der Waals surface area contributed by atoms with Crippen LogP contribution in [0.4, 0.5) is 0 Å². The minimum atomic E-state index is -0.795. The van der Waals surface area contributed by atoms with Crippen molar-refractivity contribution in [2.45, 2.75) is 26.4 Å². The van der Waals surface area contributed by atoms with Crippen LogP contribution < -0.4 is 0 Å². The minimum Gasteiger partial charge on any atom is -0.433 e. The molecular weight excluding hydrogens is 280 g/mol. The van der Waals surface area contributed by atoms with E-state index >= 15 is 0 Å². The largest absolute Gasteiger partial charge is 0.433 e. The van der Waals surface area contributed by atoms with E-state index in [1.807, 2.05) is 0 Å². The molecule has 21 heavy (non-hydrogen) atoms. The standard InChI is InChI=1S/C14H22O7/c1-5-12(15)20-11(4)19-9-8-17-10-14(18-7-3)21-13(16)6-2/h5-6,11,14H,1-2,7-10H2,3-4H3. The van der Waals surface area contributed by atoms with E-state index in [1.165, 1.54) is 0 Å². The monoisotopic (exact) mass is 302 g/mol. The van der Waals surface area contributed by atoms with Gasteiger partial charge in [0.1, 0.15) is 6.61 Å². The number of carbonyl (C=O) groups excluding carboxylic acids is 2. The summed E-state index contributed by atoms with van der Waals surface area (Å²) in [4.78, 5) is 21.9. The van der Waals surface area contributed by atoms with Crippen LogP contribution in [0.2, 0.25) is 0 Å². The molecule has 0 N–H and O–H groups in total. The lowest BCUT2D eigenvalue weighted by Crippen LogP contribution is -2.27. The molecule has 0 fully saturated rings. The molecule has 0 aliphatic rings. The fourth-order valence-corrected chi connectivity index (χ4v) is 1.18. The first-order chi connectivity index (χ1) is 10.0. The summed E-state index contributed by atoms with van der Waals surface area (Å²) in [6.07, 6.45) is 0.610. The fraction of sp³-hybridized carbons (Fsp3) is 0.571. The number of esters is 2. The van der Waals surface area contributed by atoms with Crippen LogP contribution in [0.3, 0.4) is 0 Å². The van der Waals surface area contributed by atoms with Crippen molar-refractivity contribution >= 4 is 11.9 Å². The van der Waals surface area contributed by atoms with Crippen LogP contribution in [0.15, 0.2) is 25.3 Å². The second kappa shape index (κ2) is 12.1. The van der Waals surface area contributed by atoms with Crippen molar-refractivity contribution in [1.29, 1.82) is 0 Å². The summed E-state index contributed by atoms with van der Waals surface area (Å²) in [5.74, 6) is -1.14. The van der Waals surface area contributed by atoms with Gasteiger partial charge in [0.15, 0.2) is 0 Å². The Morgan fingerprint density at radius 3 is 2.24 bits per heavy atom. The van der Waals surface area contributed by atoms with Crippen LogP contribution in [0.25, 0.3) is 0 Å². The van der Waals surface area contributed by atoms with Crippen LogP contribution in [0, 0.1) is 0 Å². The van der Waals surface area contributed by atoms with Gasteiger partial charge in [-0.2, -0.15) is 0 Å². The highest BCUT2D eigenvalue weighted by atomic mass is 16.7. The second-order valence-corrected chi connectivity index (χ2v) is 3.68. The van der Waals surface area contributed by atoms with E-state index in [9.17, 15) is 9.59 Å². The van der Waals surface area contributed by atoms with E-state index in [1.54, 1.807) is 13.8 Å². The van der Waals surface area contributed by atoms with Gasteiger partial charge in [-0.05, 0) is 13.8 Å².